The summed E-state index contributed by atoms with van der Waals surface area (Å²) in [6.07, 6.45) is 4.32. The molecule has 2 heterocycles. The average molecular weight is 289 g/mol. The Balaban J connectivity index is 1.73. The van der Waals surface area contributed by atoms with Gasteiger partial charge in [0.15, 0.2) is 0 Å². The van der Waals surface area contributed by atoms with Crippen LogP contribution in [0.25, 0.3) is 0 Å². The van der Waals surface area contributed by atoms with Gasteiger partial charge in [-0.2, -0.15) is 0 Å². The highest BCUT2D eigenvalue weighted by Gasteiger charge is 2.27. The second-order valence-corrected chi connectivity index (χ2v) is 6.34. The molecule has 1 fully saturated rings. The Kier molecular flexibility index (Phi) is 3.82. The summed E-state index contributed by atoms with van der Waals surface area (Å²) in [5.41, 5.74) is 0. The standard InChI is InChI=1S/C14H19N5S/c1-3-15-11-6-12(19-14(18-11)10-4-5-10)16-8-13-17-7-9(2)20-13/h6-7,10H,3-5,8H2,1-2H3,(H2,15,16,18,19). The number of aryl methyl sites for hydroxylation is 1. The molecule has 0 amide bonds. The van der Waals surface area contributed by atoms with Crippen LogP contribution in [0.1, 0.15) is 41.4 Å². The second kappa shape index (κ2) is 5.75. The van der Waals surface area contributed by atoms with Crippen LogP contribution in [0.5, 0.6) is 0 Å². The molecule has 2 N–H and O–H groups in total. The maximum absolute atomic E-state index is 4.61. The third-order valence-electron chi connectivity index (χ3n) is 3.13. The van der Waals surface area contributed by atoms with E-state index in [-0.39, 0.29) is 0 Å². The van der Waals surface area contributed by atoms with Crippen LogP contribution in [-0.4, -0.2) is 21.5 Å². The summed E-state index contributed by atoms with van der Waals surface area (Å²) in [5.74, 6) is 3.30. The van der Waals surface area contributed by atoms with Gasteiger partial charge in [-0.05, 0) is 26.7 Å². The first kappa shape index (κ1) is 13.3. The third kappa shape index (κ3) is 3.25. The van der Waals surface area contributed by atoms with Crippen molar-refractivity contribution in [2.24, 2.45) is 0 Å². The molecule has 5 nitrogen and oxygen atoms in total. The first-order valence-corrected chi connectivity index (χ1v) is 7.84. The lowest BCUT2D eigenvalue weighted by Crippen LogP contribution is -2.07. The van der Waals surface area contributed by atoms with Gasteiger partial charge in [-0.3, -0.25) is 0 Å². The fourth-order valence-corrected chi connectivity index (χ4v) is 2.73. The van der Waals surface area contributed by atoms with Crippen LogP contribution < -0.4 is 10.6 Å². The van der Waals surface area contributed by atoms with Crippen molar-refractivity contribution in [3.05, 3.63) is 28.0 Å². The topological polar surface area (TPSA) is 62.7 Å². The Morgan fingerprint density at radius 2 is 2.00 bits per heavy atom. The van der Waals surface area contributed by atoms with E-state index in [4.69, 9.17) is 0 Å². The monoisotopic (exact) mass is 289 g/mol. The molecule has 1 saturated carbocycles. The van der Waals surface area contributed by atoms with Gasteiger partial charge < -0.3 is 10.6 Å². The summed E-state index contributed by atoms with van der Waals surface area (Å²) in [4.78, 5) is 14.8. The maximum Gasteiger partial charge on any atom is 0.136 e. The number of hydrogen-bond acceptors (Lipinski definition) is 6. The van der Waals surface area contributed by atoms with Gasteiger partial charge in [0.05, 0.1) is 6.54 Å². The molecule has 20 heavy (non-hydrogen) atoms. The number of anilines is 2. The first-order chi connectivity index (χ1) is 9.74. The molecular formula is C14H19N5S. The van der Waals surface area contributed by atoms with Crippen LogP contribution in [0, 0.1) is 6.92 Å². The largest absolute Gasteiger partial charge is 0.370 e. The Hall–Kier alpha value is -1.69. The van der Waals surface area contributed by atoms with Crippen LogP contribution in [0.3, 0.4) is 0 Å². The Morgan fingerprint density at radius 3 is 2.60 bits per heavy atom. The predicted molar refractivity (Wildman–Crippen MR) is 82.3 cm³/mol. The van der Waals surface area contributed by atoms with E-state index in [0.717, 1.165) is 29.0 Å². The van der Waals surface area contributed by atoms with Crippen LogP contribution in [-0.2, 0) is 6.54 Å². The number of aromatic nitrogens is 3. The highest BCUT2D eigenvalue weighted by atomic mass is 32.1. The van der Waals surface area contributed by atoms with E-state index in [1.807, 2.05) is 12.3 Å². The Bertz CT molecular complexity index is 591. The van der Waals surface area contributed by atoms with Gasteiger partial charge in [0.1, 0.15) is 22.5 Å². The average Bonchev–Trinajstić information content (AvgIpc) is 3.20. The van der Waals surface area contributed by atoms with Crippen molar-refractivity contribution in [1.29, 1.82) is 0 Å². The molecule has 3 rings (SSSR count). The van der Waals surface area contributed by atoms with Crippen molar-refractivity contribution in [2.45, 2.75) is 39.2 Å². The van der Waals surface area contributed by atoms with Crippen molar-refractivity contribution in [2.75, 3.05) is 17.2 Å². The smallest absolute Gasteiger partial charge is 0.136 e. The van der Waals surface area contributed by atoms with Crippen molar-refractivity contribution < 1.29 is 0 Å². The first-order valence-electron chi connectivity index (χ1n) is 7.02. The van der Waals surface area contributed by atoms with Crippen LogP contribution in [0.15, 0.2) is 12.3 Å². The van der Waals surface area contributed by atoms with Crippen molar-refractivity contribution in [1.82, 2.24) is 15.0 Å². The van der Waals surface area contributed by atoms with E-state index in [1.54, 1.807) is 11.3 Å². The lowest BCUT2D eigenvalue weighted by Gasteiger charge is -2.09. The molecule has 2 aromatic heterocycles. The summed E-state index contributed by atoms with van der Waals surface area (Å²) in [6.45, 7) is 5.72. The quantitative estimate of drug-likeness (QED) is 0.855. The van der Waals surface area contributed by atoms with E-state index < -0.39 is 0 Å². The van der Waals surface area contributed by atoms with Gasteiger partial charge in [0.2, 0.25) is 0 Å². The maximum atomic E-state index is 4.61. The zero-order valence-electron chi connectivity index (χ0n) is 11.8. The fraction of sp³-hybridized carbons (Fsp3) is 0.500. The minimum Gasteiger partial charge on any atom is -0.370 e. The van der Waals surface area contributed by atoms with Crippen molar-refractivity contribution >= 4 is 23.0 Å². The lowest BCUT2D eigenvalue weighted by atomic mass is 10.3. The van der Waals surface area contributed by atoms with Gasteiger partial charge in [0, 0.05) is 29.6 Å². The van der Waals surface area contributed by atoms with E-state index in [2.05, 4.69) is 39.4 Å². The Morgan fingerprint density at radius 1 is 1.25 bits per heavy atom. The minimum atomic E-state index is 0.552. The molecule has 0 atom stereocenters. The summed E-state index contributed by atoms with van der Waals surface area (Å²) >= 11 is 1.71. The van der Waals surface area contributed by atoms with E-state index in [9.17, 15) is 0 Å². The normalized spacial score (nSPS) is 14.3. The number of rotatable bonds is 6. The summed E-state index contributed by atoms with van der Waals surface area (Å²) in [7, 11) is 0. The fourth-order valence-electron chi connectivity index (χ4n) is 2.00. The number of thiazole rings is 1. The molecule has 0 saturated heterocycles. The van der Waals surface area contributed by atoms with Gasteiger partial charge in [0.25, 0.3) is 0 Å². The molecule has 106 valence electrons. The molecule has 0 spiro atoms. The van der Waals surface area contributed by atoms with Crippen molar-refractivity contribution in [3.63, 3.8) is 0 Å². The molecule has 1 aliphatic carbocycles. The van der Waals surface area contributed by atoms with Gasteiger partial charge in [-0.1, -0.05) is 0 Å². The van der Waals surface area contributed by atoms with E-state index in [0.29, 0.717) is 12.5 Å². The van der Waals surface area contributed by atoms with Crippen LogP contribution in [0.4, 0.5) is 11.6 Å². The summed E-state index contributed by atoms with van der Waals surface area (Å²) in [6, 6.07) is 1.97. The van der Waals surface area contributed by atoms with Crippen LogP contribution >= 0.6 is 11.3 Å². The highest BCUT2D eigenvalue weighted by molar-refractivity contribution is 7.11. The van der Waals surface area contributed by atoms with Gasteiger partial charge in [-0.25, -0.2) is 15.0 Å². The molecule has 2 aromatic rings. The van der Waals surface area contributed by atoms with E-state index in [1.165, 1.54) is 17.7 Å². The molecular weight excluding hydrogens is 270 g/mol. The molecule has 0 unspecified atom stereocenters. The molecule has 1 aliphatic rings. The lowest BCUT2D eigenvalue weighted by molar-refractivity contribution is 0.917. The number of hydrogen-bond donors (Lipinski definition) is 2. The number of nitrogens with zero attached hydrogens (tertiary/aromatic N) is 3. The molecule has 0 aliphatic heterocycles. The zero-order valence-corrected chi connectivity index (χ0v) is 12.6. The van der Waals surface area contributed by atoms with E-state index >= 15 is 0 Å². The Labute approximate surface area is 122 Å². The number of nitrogens with one attached hydrogen (secondary N) is 2. The molecule has 0 radical (unpaired) electrons. The molecule has 6 heteroatoms. The molecule has 0 aromatic carbocycles. The summed E-state index contributed by atoms with van der Waals surface area (Å²) < 4.78 is 0. The SMILES string of the molecule is CCNc1cc(NCc2ncc(C)s2)nc(C2CC2)n1. The van der Waals surface area contributed by atoms with Crippen LogP contribution in [0.2, 0.25) is 0 Å². The molecule has 0 bridgehead atoms. The van der Waals surface area contributed by atoms with Crippen molar-refractivity contribution in [3.8, 4) is 0 Å². The zero-order chi connectivity index (χ0) is 13.9. The predicted octanol–water partition coefficient (Wildman–Crippen LogP) is 3.16. The third-order valence-corrected chi connectivity index (χ3v) is 4.05. The minimum absolute atomic E-state index is 0.552. The van der Waals surface area contributed by atoms with Gasteiger partial charge in [-0.15, -0.1) is 11.3 Å². The highest BCUT2D eigenvalue weighted by Crippen LogP contribution is 2.38. The summed E-state index contributed by atoms with van der Waals surface area (Å²) in [5, 5.41) is 7.70. The second-order valence-electron chi connectivity index (χ2n) is 5.02. The van der Waals surface area contributed by atoms with Gasteiger partial charge >= 0.3 is 0 Å².